The number of ether oxygens (including phenoxy) is 1. The molecule has 2 aromatic carbocycles. The van der Waals surface area contributed by atoms with Crippen LogP contribution in [0.2, 0.25) is 0 Å². The average Bonchev–Trinajstić information content (AvgIpc) is 2.70. The van der Waals surface area contributed by atoms with Crippen LogP contribution in [0.5, 0.6) is 0 Å². The number of carbonyl (C=O) groups excluding carboxylic acids is 2. The molecule has 136 valence electrons. The normalized spacial score (nSPS) is 10.1. The summed E-state index contributed by atoms with van der Waals surface area (Å²) in [6, 6.07) is 15.7. The topological polar surface area (TPSA) is 93.2 Å². The molecule has 0 spiro atoms. The second-order valence-corrected chi connectivity index (χ2v) is 5.78. The number of anilines is 3. The molecule has 0 bridgehead atoms. The highest BCUT2D eigenvalue weighted by atomic mass is 16.5. The summed E-state index contributed by atoms with van der Waals surface area (Å²) in [5, 5.41) is 5.79. The van der Waals surface area contributed by atoms with Crippen molar-refractivity contribution in [1.29, 1.82) is 0 Å². The molecule has 1 amide bonds. The molecular formula is C20H18N4O3. The van der Waals surface area contributed by atoms with E-state index in [0.29, 0.717) is 17.2 Å². The first kappa shape index (κ1) is 18.1. The van der Waals surface area contributed by atoms with Crippen LogP contribution in [-0.2, 0) is 4.74 Å². The zero-order valence-corrected chi connectivity index (χ0v) is 14.9. The number of amides is 1. The minimum absolute atomic E-state index is 0.219. The fourth-order valence-corrected chi connectivity index (χ4v) is 2.31. The van der Waals surface area contributed by atoms with Gasteiger partial charge in [0.2, 0.25) is 5.95 Å². The van der Waals surface area contributed by atoms with Crippen LogP contribution in [0.4, 0.5) is 17.3 Å². The molecule has 1 aromatic heterocycles. The second-order valence-electron chi connectivity index (χ2n) is 5.78. The Morgan fingerprint density at radius 1 is 0.926 bits per heavy atom. The van der Waals surface area contributed by atoms with Gasteiger partial charge in [-0.25, -0.2) is 14.8 Å². The zero-order valence-electron chi connectivity index (χ0n) is 14.9. The van der Waals surface area contributed by atoms with Crippen molar-refractivity contribution in [2.24, 2.45) is 0 Å². The Balaban J connectivity index is 1.69. The maximum Gasteiger partial charge on any atom is 0.337 e. The molecule has 7 nitrogen and oxygen atoms in total. The molecule has 7 heteroatoms. The van der Waals surface area contributed by atoms with Crippen molar-refractivity contribution < 1.29 is 14.3 Å². The van der Waals surface area contributed by atoms with Gasteiger partial charge >= 0.3 is 5.97 Å². The van der Waals surface area contributed by atoms with Gasteiger partial charge in [-0.3, -0.25) is 4.79 Å². The number of esters is 1. The predicted molar refractivity (Wildman–Crippen MR) is 102 cm³/mol. The van der Waals surface area contributed by atoms with E-state index in [1.807, 2.05) is 31.2 Å². The fraction of sp³-hybridized carbons (Fsp3) is 0.100. The molecule has 3 aromatic rings. The van der Waals surface area contributed by atoms with Crippen LogP contribution >= 0.6 is 0 Å². The van der Waals surface area contributed by atoms with E-state index in [4.69, 9.17) is 0 Å². The molecule has 0 aliphatic carbocycles. The number of methoxy groups -OCH3 is 1. The summed E-state index contributed by atoms with van der Waals surface area (Å²) in [6.07, 6.45) is 1.51. The number of aryl methyl sites for hydroxylation is 1. The molecule has 0 saturated carbocycles. The third kappa shape index (κ3) is 4.66. The van der Waals surface area contributed by atoms with Gasteiger partial charge in [-0.15, -0.1) is 0 Å². The van der Waals surface area contributed by atoms with Gasteiger partial charge in [0.1, 0.15) is 5.69 Å². The number of hydrogen-bond acceptors (Lipinski definition) is 6. The summed E-state index contributed by atoms with van der Waals surface area (Å²) in [7, 11) is 1.31. The van der Waals surface area contributed by atoms with Gasteiger partial charge in [0, 0.05) is 17.6 Å². The average molecular weight is 362 g/mol. The first-order chi connectivity index (χ1) is 13.0. The lowest BCUT2D eigenvalue weighted by atomic mass is 10.2. The smallest absolute Gasteiger partial charge is 0.337 e. The number of rotatable bonds is 5. The Hall–Kier alpha value is -3.74. The van der Waals surface area contributed by atoms with Crippen molar-refractivity contribution in [2.75, 3.05) is 17.7 Å². The largest absolute Gasteiger partial charge is 0.465 e. The molecule has 3 rings (SSSR count). The highest BCUT2D eigenvalue weighted by molar-refractivity contribution is 6.03. The van der Waals surface area contributed by atoms with Crippen molar-refractivity contribution in [3.8, 4) is 0 Å². The zero-order chi connectivity index (χ0) is 19.2. The van der Waals surface area contributed by atoms with Gasteiger partial charge in [-0.1, -0.05) is 17.7 Å². The van der Waals surface area contributed by atoms with Crippen molar-refractivity contribution in [2.45, 2.75) is 6.92 Å². The Kier molecular flexibility index (Phi) is 5.41. The molecule has 0 radical (unpaired) electrons. The van der Waals surface area contributed by atoms with Crippen LogP contribution in [0.15, 0.2) is 60.8 Å². The molecule has 0 saturated heterocycles. The van der Waals surface area contributed by atoms with E-state index in [0.717, 1.165) is 11.3 Å². The fourth-order valence-electron chi connectivity index (χ4n) is 2.31. The van der Waals surface area contributed by atoms with Gasteiger partial charge in [0.25, 0.3) is 5.91 Å². The van der Waals surface area contributed by atoms with Crippen molar-refractivity contribution >= 4 is 29.2 Å². The Morgan fingerprint density at radius 3 is 2.26 bits per heavy atom. The lowest BCUT2D eigenvalue weighted by Gasteiger charge is -2.08. The molecule has 0 fully saturated rings. The summed E-state index contributed by atoms with van der Waals surface area (Å²) in [6.45, 7) is 2.00. The van der Waals surface area contributed by atoms with Gasteiger partial charge in [0.05, 0.1) is 12.7 Å². The van der Waals surface area contributed by atoms with Crippen molar-refractivity contribution in [1.82, 2.24) is 9.97 Å². The Labute approximate surface area is 156 Å². The molecule has 0 aliphatic heterocycles. The molecule has 0 aliphatic rings. The van der Waals surface area contributed by atoms with E-state index in [1.165, 1.54) is 19.4 Å². The van der Waals surface area contributed by atoms with Crippen LogP contribution in [0.25, 0.3) is 0 Å². The van der Waals surface area contributed by atoms with E-state index in [9.17, 15) is 9.59 Å². The lowest BCUT2D eigenvalue weighted by molar-refractivity contribution is 0.0600. The van der Waals surface area contributed by atoms with E-state index in [2.05, 4.69) is 25.3 Å². The maximum atomic E-state index is 12.4. The summed E-state index contributed by atoms with van der Waals surface area (Å²) >= 11 is 0. The number of nitrogens with one attached hydrogen (secondary N) is 2. The molecule has 0 unspecified atom stereocenters. The van der Waals surface area contributed by atoms with Gasteiger partial charge in [-0.05, 0) is 49.4 Å². The first-order valence-electron chi connectivity index (χ1n) is 8.21. The van der Waals surface area contributed by atoms with Crippen LogP contribution < -0.4 is 10.6 Å². The van der Waals surface area contributed by atoms with Crippen LogP contribution in [0, 0.1) is 6.92 Å². The van der Waals surface area contributed by atoms with Crippen molar-refractivity contribution in [3.05, 3.63) is 77.6 Å². The highest BCUT2D eigenvalue weighted by Gasteiger charge is 2.11. The van der Waals surface area contributed by atoms with E-state index < -0.39 is 5.97 Å². The minimum atomic E-state index is -0.435. The molecule has 2 N–H and O–H groups in total. The summed E-state index contributed by atoms with van der Waals surface area (Å²) in [5.74, 6) is -0.488. The minimum Gasteiger partial charge on any atom is -0.465 e. The Morgan fingerprint density at radius 2 is 1.59 bits per heavy atom. The molecular weight excluding hydrogens is 344 g/mol. The van der Waals surface area contributed by atoms with Crippen molar-refractivity contribution in [3.63, 3.8) is 0 Å². The number of benzene rings is 2. The summed E-state index contributed by atoms with van der Waals surface area (Å²) < 4.78 is 4.64. The molecule has 27 heavy (non-hydrogen) atoms. The monoisotopic (exact) mass is 362 g/mol. The predicted octanol–water partition coefficient (Wildman–Crippen LogP) is 3.57. The highest BCUT2D eigenvalue weighted by Crippen LogP contribution is 2.15. The molecule has 0 atom stereocenters. The second kappa shape index (κ2) is 8.09. The number of carbonyl (C=O) groups is 2. The Bertz CT molecular complexity index is 954. The van der Waals surface area contributed by atoms with E-state index >= 15 is 0 Å². The van der Waals surface area contributed by atoms with E-state index in [-0.39, 0.29) is 11.6 Å². The number of aromatic nitrogens is 2. The number of hydrogen-bond donors (Lipinski definition) is 2. The summed E-state index contributed by atoms with van der Waals surface area (Å²) in [5.41, 5.74) is 3.14. The first-order valence-corrected chi connectivity index (χ1v) is 8.21. The van der Waals surface area contributed by atoms with Crippen LogP contribution in [0.1, 0.15) is 26.4 Å². The number of nitrogens with zero attached hydrogens (tertiary/aromatic N) is 2. The third-order valence-corrected chi connectivity index (χ3v) is 3.76. The SMILES string of the molecule is COC(=O)c1ccc(NC(=O)c2ccnc(Nc3ccc(C)cc3)n2)cc1. The van der Waals surface area contributed by atoms with Crippen LogP contribution in [-0.4, -0.2) is 29.0 Å². The quantitative estimate of drug-likeness (QED) is 0.674. The lowest BCUT2D eigenvalue weighted by Crippen LogP contribution is -2.15. The standard InChI is InChI=1S/C20H18N4O3/c1-13-3-7-16(8-4-13)23-20-21-12-11-17(24-20)18(25)22-15-9-5-14(6-10-15)19(26)27-2/h3-12H,1-2H3,(H,22,25)(H,21,23,24). The van der Waals surface area contributed by atoms with Gasteiger partial charge < -0.3 is 15.4 Å². The van der Waals surface area contributed by atoms with Crippen LogP contribution in [0.3, 0.4) is 0 Å². The van der Waals surface area contributed by atoms with E-state index in [1.54, 1.807) is 24.3 Å². The van der Waals surface area contributed by atoms with Gasteiger partial charge in [0.15, 0.2) is 0 Å². The molecule has 1 heterocycles. The summed E-state index contributed by atoms with van der Waals surface area (Å²) in [4.78, 5) is 32.2. The third-order valence-electron chi connectivity index (χ3n) is 3.76. The van der Waals surface area contributed by atoms with Gasteiger partial charge in [-0.2, -0.15) is 0 Å². The maximum absolute atomic E-state index is 12.4.